The van der Waals surface area contributed by atoms with Gasteiger partial charge in [0.2, 0.25) is 0 Å². The van der Waals surface area contributed by atoms with Crippen LogP contribution in [0.4, 0.5) is 0 Å². The normalized spacial score (nSPS) is 9.00. The van der Waals surface area contributed by atoms with Crippen LogP contribution in [0.3, 0.4) is 0 Å². The van der Waals surface area contributed by atoms with E-state index in [0.29, 0.717) is 0 Å². The van der Waals surface area contributed by atoms with Crippen LogP contribution in [-0.2, 0) is 4.74 Å². The SMILES string of the molecule is CCCCCCOCC.[Cs+].[H-]. The third kappa shape index (κ3) is 12.7. The van der Waals surface area contributed by atoms with Gasteiger partial charge in [-0.05, 0) is 13.3 Å². The van der Waals surface area contributed by atoms with Gasteiger partial charge in [-0.1, -0.05) is 26.2 Å². The van der Waals surface area contributed by atoms with Crippen molar-refractivity contribution in [1.29, 1.82) is 0 Å². The molecule has 0 aromatic rings. The predicted octanol–water partition coefficient (Wildman–Crippen LogP) is -0.280. The fraction of sp³-hybridized carbons (Fsp3) is 1.00. The summed E-state index contributed by atoms with van der Waals surface area (Å²) in [6, 6.07) is 0. The van der Waals surface area contributed by atoms with E-state index in [1.165, 1.54) is 25.7 Å². The number of unbranched alkanes of at least 4 members (excludes halogenated alkanes) is 3. The minimum Gasteiger partial charge on any atom is -1.00 e. The summed E-state index contributed by atoms with van der Waals surface area (Å²) in [6.45, 7) is 6.09. The van der Waals surface area contributed by atoms with Crippen molar-refractivity contribution < 1.29 is 75.1 Å². The second kappa shape index (κ2) is 13.6. The second-order valence-corrected chi connectivity index (χ2v) is 2.26. The van der Waals surface area contributed by atoms with E-state index in [4.69, 9.17) is 4.74 Å². The van der Waals surface area contributed by atoms with Crippen LogP contribution in [0.1, 0.15) is 41.0 Å². The van der Waals surface area contributed by atoms with E-state index >= 15 is 0 Å². The van der Waals surface area contributed by atoms with E-state index < -0.39 is 0 Å². The summed E-state index contributed by atoms with van der Waals surface area (Å²) >= 11 is 0. The van der Waals surface area contributed by atoms with Crippen LogP contribution in [0.2, 0.25) is 0 Å². The van der Waals surface area contributed by atoms with Crippen LogP contribution < -0.4 is 68.9 Å². The second-order valence-electron chi connectivity index (χ2n) is 2.26. The zero-order valence-electron chi connectivity index (χ0n) is 8.65. The molecule has 0 heterocycles. The molecule has 0 aliphatic heterocycles. The summed E-state index contributed by atoms with van der Waals surface area (Å²) in [6.07, 6.45) is 5.23. The molecule has 10 heavy (non-hydrogen) atoms. The average Bonchev–Trinajstić information content (AvgIpc) is 1.89. The quantitative estimate of drug-likeness (QED) is 0.600. The molecule has 0 saturated carbocycles. The zero-order valence-corrected chi connectivity index (χ0v) is 13.9. The minimum atomic E-state index is 0. The van der Waals surface area contributed by atoms with Crippen LogP contribution in [-0.4, -0.2) is 13.2 Å². The van der Waals surface area contributed by atoms with Gasteiger partial charge in [0.05, 0.1) is 0 Å². The molecular formula is C8H19CsO. The van der Waals surface area contributed by atoms with Gasteiger partial charge in [-0.25, -0.2) is 0 Å². The van der Waals surface area contributed by atoms with Gasteiger partial charge in [-0.3, -0.25) is 0 Å². The van der Waals surface area contributed by atoms with E-state index in [2.05, 4.69) is 6.92 Å². The summed E-state index contributed by atoms with van der Waals surface area (Å²) in [5.74, 6) is 0. The Morgan fingerprint density at radius 2 is 1.80 bits per heavy atom. The van der Waals surface area contributed by atoms with Crippen molar-refractivity contribution in [3.05, 3.63) is 0 Å². The molecule has 0 saturated heterocycles. The van der Waals surface area contributed by atoms with Gasteiger partial charge in [0.25, 0.3) is 0 Å². The van der Waals surface area contributed by atoms with E-state index in [9.17, 15) is 0 Å². The van der Waals surface area contributed by atoms with E-state index in [-0.39, 0.29) is 70.3 Å². The molecule has 0 radical (unpaired) electrons. The molecule has 0 aromatic carbocycles. The summed E-state index contributed by atoms with van der Waals surface area (Å²) in [4.78, 5) is 0. The van der Waals surface area contributed by atoms with Crippen molar-refractivity contribution >= 4 is 0 Å². The molecule has 0 bridgehead atoms. The van der Waals surface area contributed by atoms with Crippen LogP contribution >= 0.6 is 0 Å². The molecule has 1 nitrogen and oxygen atoms in total. The van der Waals surface area contributed by atoms with Crippen molar-refractivity contribution in [3.63, 3.8) is 0 Å². The molecule has 58 valence electrons. The minimum absolute atomic E-state index is 0. The van der Waals surface area contributed by atoms with Crippen molar-refractivity contribution in [2.75, 3.05) is 13.2 Å². The number of ether oxygens (including phenoxy) is 1. The van der Waals surface area contributed by atoms with Crippen LogP contribution in [0.25, 0.3) is 0 Å². The first-order valence-corrected chi connectivity index (χ1v) is 3.99. The van der Waals surface area contributed by atoms with Crippen LogP contribution in [0, 0.1) is 0 Å². The van der Waals surface area contributed by atoms with Crippen LogP contribution in [0.15, 0.2) is 0 Å². The average molecular weight is 264 g/mol. The maximum atomic E-state index is 5.18. The van der Waals surface area contributed by atoms with Crippen molar-refractivity contribution in [2.24, 2.45) is 0 Å². The molecule has 2 heteroatoms. The number of rotatable bonds is 6. The molecule has 0 fully saturated rings. The standard InChI is InChI=1S/C8H18O.Cs.H/c1-3-5-6-7-8-9-4-2;;/h3-8H2,1-2H3;;/q;+1;-1. The van der Waals surface area contributed by atoms with Crippen LogP contribution in [0.5, 0.6) is 0 Å². The molecule has 0 unspecified atom stereocenters. The van der Waals surface area contributed by atoms with Gasteiger partial charge < -0.3 is 6.16 Å². The molecule has 0 aliphatic carbocycles. The van der Waals surface area contributed by atoms with Gasteiger partial charge >= 0.3 is 68.9 Å². The molecule has 0 N–H and O–H groups in total. The van der Waals surface area contributed by atoms with E-state index in [1.54, 1.807) is 0 Å². The number of hydrogen-bond acceptors (Lipinski definition) is 1. The first-order valence-electron chi connectivity index (χ1n) is 3.99. The molecule has 0 rings (SSSR count). The zero-order chi connectivity index (χ0) is 6.95. The monoisotopic (exact) mass is 264 g/mol. The van der Waals surface area contributed by atoms with Gasteiger partial charge in [0, 0.05) is 13.2 Å². The van der Waals surface area contributed by atoms with Gasteiger partial charge in [0.1, 0.15) is 0 Å². The molecule has 0 aromatic heterocycles. The van der Waals surface area contributed by atoms with Gasteiger partial charge in [0.15, 0.2) is 0 Å². The molecule has 0 aliphatic rings. The van der Waals surface area contributed by atoms with Gasteiger partial charge in [-0.15, -0.1) is 0 Å². The fourth-order valence-corrected chi connectivity index (χ4v) is 0.775. The third-order valence-electron chi connectivity index (χ3n) is 1.35. The largest absolute Gasteiger partial charge is 1.00 e. The number of hydrogen-bond donors (Lipinski definition) is 0. The maximum absolute atomic E-state index is 5.18. The Morgan fingerprint density at radius 1 is 1.10 bits per heavy atom. The molecule has 0 amide bonds. The Bertz CT molecular complexity index is 47.4. The summed E-state index contributed by atoms with van der Waals surface area (Å²) < 4.78 is 5.18. The summed E-state index contributed by atoms with van der Waals surface area (Å²) in [5, 5.41) is 0. The topological polar surface area (TPSA) is 9.23 Å². The molecule has 0 spiro atoms. The van der Waals surface area contributed by atoms with Gasteiger partial charge in [-0.2, -0.15) is 0 Å². The van der Waals surface area contributed by atoms with Crippen molar-refractivity contribution in [3.8, 4) is 0 Å². The Labute approximate surface area is 125 Å². The smallest absolute Gasteiger partial charge is 1.00 e. The Hall–Kier alpha value is 2.01. The molecule has 0 atom stereocenters. The maximum Gasteiger partial charge on any atom is 1.00 e. The Balaban J connectivity index is -0.000000320. The van der Waals surface area contributed by atoms with E-state index in [1.807, 2.05) is 6.92 Å². The summed E-state index contributed by atoms with van der Waals surface area (Å²) in [7, 11) is 0. The molecular weight excluding hydrogens is 245 g/mol. The first kappa shape index (κ1) is 14.5. The summed E-state index contributed by atoms with van der Waals surface area (Å²) in [5.41, 5.74) is 0. The Kier molecular flexibility index (Phi) is 19.8. The van der Waals surface area contributed by atoms with Crippen molar-refractivity contribution in [1.82, 2.24) is 0 Å². The van der Waals surface area contributed by atoms with Crippen molar-refractivity contribution in [2.45, 2.75) is 39.5 Å². The predicted molar refractivity (Wildman–Crippen MR) is 41.7 cm³/mol. The Morgan fingerprint density at radius 3 is 2.30 bits per heavy atom. The fourth-order valence-electron chi connectivity index (χ4n) is 0.775. The first-order chi connectivity index (χ1) is 4.41. The third-order valence-corrected chi connectivity index (χ3v) is 1.35. The van der Waals surface area contributed by atoms with E-state index in [0.717, 1.165) is 13.2 Å².